The van der Waals surface area contributed by atoms with Crippen molar-refractivity contribution in [2.45, 2.75) is 6.54 Å². The molecule has 0 saturated carbocycles. The summed E-state index contributed by atoms with van der Waals surface area (Å²) in [6.45, 7) is 0.679. The minimum absolute atomic E-state index is 0. The van der Waals surface area contributed by atoms with E-state index in [0.29, 0.717) is 12.4 Å². The van der Waals surface area contributed by atoms with Crippen molar-refractivity contribution in [3.8, 4) is 0 Å². The van der Waals surface area contributed by atoms with E-state index in [9.17, 15) is 0 Å². The second-order valence-corrected chi connectivity index (χ2v) is 4.00. The van der Waals surface area contributed by atoms with E-state index in [2.05, 4.69) is 5.32 Å². The molecule has 0 amide bonds. The van der Waals surface area contributed by atoms with Gasteiger partial charge in [-0.2, -0.15) is 0 Å². The Labute approximate surface area is 120 Å². The molecule has 98 valence electrons. The molecule has 0 aliphatic heterocycles. The van der Waals surface area contributed by atoms with E-state index in [1.165, 1.54) is 5.56 Å². The number of rotatable bonds is 4. The first-order valence-electron chi connectivity index (χ1n) is 5.94. The Bertz CT molecular complexity index is 521. The van der Waals surface area contributed by atoms with E-state index in [1.54, 1.807) is 6.08 Å². The highest BCUT2D eigenvalue weighted by Crippen LogP contribution is 2.01. The molecule has 0 bridgehead atoms. The first-order chi connectivity index (χ1) is 8.84. The third-order valence-corrected chi connectivity index (χ3v) is 2.57. The summed E-state index contributed by atoms with van der Waals surface area (Å²) in [6.07, 6.45) is 3.71. The van der Waals surface area contributed by atoms with Crippen molar-refractivity contribution < 1.29 is 0 Å². The average molecular weight is 273 g/mol. The second-order valence-electron chi connectivity index (χ2n) is 4.00. The zero-order valence-corrected chi connectivity index (χ0v) is 11.4. The molecular weight excluding hydrogens is 256 g/mol. The predicted octanol–water partition coefficient (Wildman–Crippen LogP) is 3.89. The third kappa shape index (κ3) is 5.40. The molecule has 0 saturated heterocycles. The number of halogens is 1. The zero-order chi connectivity index (χ0) is 12.6. The molecule has 0 aliphatic carbocycles. The molecule has 0 atom stereocenters. The second kappa shape index (κ2) is 8.11. The molecule has 0 spiro atoms. The van der Waals surface area contributed by atoms with Gasteiger partial charge in [0.15, 0.2) is 0 Å². The third-order valence-electron chi connectivity index (χ3n) is 2.57. The van der Waals surface area contributed by atoms with Crippen molar-refractivity contribution in [3.05, 3.63) is 77.9 Å². The fraction of sp³-hybridized carbons (Fsp3) is 0.0625. The van der Waals surface area contributed by atoms with Crippen molar-refractivity contribution in [3.63, 3.8) is 0 Å². The van der Waals surface area contributed by atoms with Crippen molar-refractivity contribution in [2.75, 3.05) is 0 Å². The highest BCUT2D eigenvalue weighted by Gasteiger charge is 1.92. The molecule has 3 heteroatoms. The molecular formula is C16H17ClN2. The van der Waals surface area contributed by atoms with Gasteiger partial charge < -0.3 is 5.32 Å². The fourth-order valence-corrected chi connectivity index (χ4v) is 1.60. The fourth-order valence-electron chi connectivity index (χ4n) is 1.60. The molecule has 19 heavy (non-hydrogen) atoms. The minimum atomic E-state index is 0. The van der Waals surface area contributed by atoms with E-state index < -0.39 is 0 Å². The molecule has 0 aliphatic rings. The van der Waals surface area contributed by atoms with Crippen LogP contribution in [0.15, 0.2) is 66.7 Å². The lowest BCUT2D eigenvalue weighted by Gasteiger charge is -2.04. The van der Waals surface area contributed by atoms with Crippen LogP contribution in [0, 0.1) is 5.41 Å². The summed E-state index contributed by atoms with van der Waals surface area (Å²) in [4.78, 5) is 0. The van der Waals surface area contributed by atoms with Crippen LogP contribution in [0.25, 0.3) is 6.08 Å². The normalized spacial score (nSPS) is 9.89. The van der Waals surface area contributed by atoms with Crippen LogP contribution in [-0.2, 0) is 6.54 Å². The Hall–Kier alpha value is -2.06. The Balaban J connectivity index is 0.00000180. The lowest BCUT2D eigenvalue weighted by atomic mass is 10.2. The van der Waals surface area contributed by atoms with Gasteiger partial charge in [0.1, 0.15) is 5.84 Å². The topological polar surface area (TPSA) is 35.9 Å². The molecule has 2 aromatic rings. The van der Waals surface area contributed by atoms with Crippen LogP contribution in [0.1, 0.15) is 11.1 Å². The van der Waals surface area contributed by atoms with E-state index in [0.717, 1.165) is 5.56 Å². The monoisotopic (exact) mass is 272 g/mol. The maximum absolute atomic E-state index is 7.79. The number of hydrogen-bond donors (Lipinski definition) is 2. The highest BCUT2D eigenvalue weighted by atomic mass is 35.5. The van der Waals surface area contributed by atoms with E-state index in [-0.39, 0.29) is 12.4 Å². The van der Waals surface area contributed by atoms with Crippen molar-refractivity contribution in [1.82, 2.24) is 5.32 Å². The van der Waals surface area contributed by atoms with Gasteiger partial charge >= 0.3 is 0 Å². The number of hydrogen-bond acceptors (Lipinski definition) is 1. The standard InChI is InChI=1S/C16H16N2.ClH/c17-16(12-11-14-7-3-1-4-8-14)18-13-15-9-5-2-6-10-15;/h1-12H,13H2,(H2,17,18);1H/b12-11+;. The van der Waals surface area contributed by atoms with Crippen LogP contribution in [0.3, 0.4) is 0 Å². The maximum atomic E-state index is 7.79. The molecule has 0 radical (unpaired) electrons. The van der Waals surface area contributed by atoms with Crippen LogP contribution >= 0.6 is 12.4 Å². The molecule has 2 N–H and O–H groups in total. The summed E-state index contributed by atoms with van der Waals surface area (Å²) < 4.78 is 0. The van der Waals surface area contributed by atoms with Gasteiger partial charge in [0.2, 0.25) is 0 Å². The van der Waals surface area contributed by atoms with E-state index in [4.69, 9.17) is 5.41 Å². The predicted molar refractivity (Wildman–Crippen MR) is 83.7 cm³/mol. The largest absolute Gasteiger partial charge is 0.366 e. The van der Waals surface area contributed by atoms with Gasteiger partial charge in [-0.05, 0) is 17.2 Å². The smallest absolute Gasteiger partial charge is 0.118 e. The van der Waals surface area contributed by atoms with Gasteiger partial charge in [-0.15, -0.1) is 12.4 Å². The van der Waals surface area contributed by atoms with Gasteiger partial charge in [0.25, 0.3) is 0 Å². The van der Waals surface area contributed by atoms with Gasteiger partial charge in [0.05, 0.1) is 0 Å². The molecule has 2 aromatic carbocycles. The summed E-state index contributed by atoms with van der Waals surface area (Å²) in [7, 11) is 0. The molecule has 0 heterocycles. The molecule has 2 rings (SSSR count). The Morgan fingerprint density at radius 3 is 2.16 bits per heavy atom. The highest BCUT2D eigenvalue weighted by molar-refractivity contribution is 5.93. The number of nitrogens with one attached hydrogen (secondary N) is 2. The first kappa shape index (κ1) is 15.0. The van der Waals surface area contributed by atoms with Crippen LogP contribution in [0.2, 0.25) is 0 Å². The Morgan fingerprint density at radius 1 is 0.947 bits per heavy atom. The van der Waals surface area contributed by atoms with Gasteiger partial charge in [-0.25, -0.2) is 0 Å². The zero-order valence-electron chi connectivity index (χ0n) is 10.5. The van der Waals surface area contributed by atoms with Crippen LogP contribution in [0.4, 0.5) is 0 Å². The van der Waals surface area contributed by atoms with Gasteiger partial charge in [-0.1, -0.05) is 66.7 Å². The molecule has 0 aromatic heterocycles. The Morgan fingerprint density at radius 2 is 1.53 bits per heavy atom. The van der Waals surface area contributed by atoms with Crippen LogP contribution < -0.4 is 5.32 Å². The van der Waals surface area contributed by atoms with Crippen molar-refractivity contribution in [2.24, 2.45) is 0 Å². The average Bonchev–Trinajstić information content (AvgIpc) is 2.45. The summed E-state index contributed by atoms with van der Waals surface area (Å²) in [5.74, 6) is 0.419. The van der Waals surface area contributed by atoms with Gasteiger partial charge in [-0.3, -0.25) is 5.41 Å². The van der Waals surface area contributed by atoms with Crippen LogP contribution in [0.5, 0.6) is 0 Å². The minimum Gasteiger partial charge on any atom is -0.366 e. The summed E-state index contributed by atoms with van der Waals surface area (Å²) in [5.41, 5.74) is 2.28. The van der Waals surface area contributed by atoms with E-state index >= 15 is 0 Å². The van der Waals surface area contributed by atoms with Gasteiger partial charge in [0, 0.05) is 6.54 Å². The number of amidine groups is 1. The maximum Gasteiger partial charge on any atom is 0.118 e. The van der Waals surface area contributed by atoms with E-state index in [1.807, 2.05) is 66.7 Å². The molecule has 0 unspecified atom stereocenters. The summed E-state index contributed by atoms with van der Waals surface area (Å²) in [5, 5.41) is 10.9. The summed E-state index contributed by atoms with van der Waals surface area (Å²) in [6, 6.07) is 20.1. The summed E-state index contributed by atoms with van der Waals surface area (Å²) >= 11 is 0. The first-order valence-corrected chi connectivity index (χ1v) is 5.94. The van der Waals surface area contributed by atoms with Crippen molar-refractivity contribution in [1.29, 1.82) is 5.41 Å². The molecule has 0 fully saturated rings. The molecule has 2 nitrogen and oxygen atoms in total. The Kier molecular flexibility index (Phi) is 6.41. The SMILES string of the molecule is Cl.N=C(/C=C/c1ccccc1)NCc1ccccc1. The number of benzene rings is 2. The quantitative estimate of drug-likeness (QED) is 0.643. The lowest BCUT2D eigenvalue weighted by molar-refractivity contribution is 0.912. The van der Waals surface area contributed by atoms with Crippen LogP contribution in [-0.4, -0.2) is 5.84 Å². The lowest BCUT2D eigenvalue weighted by Crippen LogP contribution is -2.19. The van der Waals surface area contributed by atoms with Crippen molar-refractivity contribution >= 4 is 24.3 Å².